The molecule has 0 bridgehead atoms. The van der Waals surface area contributed by atoms with E-state index in [2.05, 4.69) is 21.0 Å². The molecule has 2 heterocycles. The fourth-order valence-corrected chi connectivity index (χ4v) is 3.74. The maximum absolute atomic E-state index is 15.3. The van der Waals surface area contributed by atoms with Crippen LogP contribution in [0.4, 0.5) is 23.4 Å². The Hall–Kier alpha value is -2.79. The lowest BCUT2D eigenvalue weighted by molar-refractivity contribution is -0.106. The fourth-order valence-electron chi connectivity index (χ4n) is 3.74. The van der Waals surface area contributed by atoms with Crippen molar-refractivity contribution in [2.75, 3.05) is 18.5 Å². The summed E-state index contributed by atoms with van der Waals surface area (Å²) in [5.41, 5.74) is 4.12. The number of hydrogen-bond donors (Lipinski definition) is 2. The van der Waals surface area contributed by atoms with Gasteiger partial charge in [-0.05, 0) is 25.7 Å². The van der Waals surface area contributed by atoms with Crippen LogP contribution in [0.1, 0.15) is 66.4 Å². The lowest BCUT2D eigenvalue weighted by Gasteiger charge is -2.30. The predicted octanol–water partition coefficient (Wildman–Crippen LogP) is 4.43. The van der Waals surface area contributed by atoms with Gasteiger partial charge in [-0.1, -0.05) is 24.6 Å². The first-order valence-electron chi connectivity index (χ1n) is 10.6. The van der Waals surface area contributed by atoms with Crippen LogP contribution < -0.4 is 11.1 Å². The molecule has 1 amide bonds. The van der Waals surface area contributed by atoms with E-state index in [1.807, 2.05) is 0 Å². The van der Waals surface area contributed by atoms with Crippen LogP contribution >= 0.6 is 0 Å². The van der Waals surface area contributed by atoms with Crippen molar-refractivity contribution >= 4 is 12.2 Å². The summed E-state index contributed by atoms with van der Waals surface area (Å²) < 4.78 is 66.8. The average Bonchev–Trinajstić information content (AvgIpc) is 3.26. The minimum atomic E-state index is -2.91. The number of ether oxygens (including phenoxy) is 2. The van der Waals surface area contributed by atoms with Gasteiger partial charge in [0.2, 0.25) is 6.41 Å². The molecule has 1 aliphatic carbocycles. The van der Waals surface area contributed by atoms with Crippen LogP contribution in [0.5, 0.6) is 0 Å². The highest BCUT2D eigenvalue weighted by atomic mass is 19.3. The molecular formula is C22H26F4N4O3. The number of aromatic nitrogens is 2. The predicted molar refractivity (Wildman–Crippen MR) is 112 cm³/mol. The molecule has 2 aromatic rings. The van der Waals surface area contributed by atoms with Crippen LogP contribution in [0, 0.1) is 18.7 Å². The van der Waals surface area contributed by atoms with Gasteiger partial charge in [-0.25, -0.2) is 27.5 Å². The molecule has 1 saturated heterocycles. The van der Waals surface area contributed by atoms with Gasteiger partial charge in [-0.2, -0.15) is 0 Å². The number of amides is 1. The summed E-state index contributed by atoms with van der Waals surface area (Å²) in [6.07, 6.45) is -2.24. The molecule has 2 aliphatic rings. The second-order valence-corrected chi connectivity index (χ2v) is 7.70. The van der Waals surface area contributed by atoms with Gasteiger partial charge in [0.05, 0.1) is 30.0 Å². The number of halogens is 4. The SMILES string of the molecule is Cc1nc(NCc2cccc(C(F)F)c2F)c(C2OCCO2)c(C(F)C2CCC2)n1.NC=O. The van der Waals surface area contributed by atoms with E-state index in [9.17, 15) is 13.2 Å². The fraction of sp³-hybridized carbons (Fsp3) is 0.500. The summed E-state index contributed by atoms with van der Waals surface area (Å²) in [4.78, 5) is 17.3. The summed E-state index contributed by atoms with van der Waals surface area (Å²) in [7, 11) is 0. The summed E-state index contributed by atoms with van der Waals surface area (Å²) in [5.74, 6) is -0.488. The van der Waals surface area contributed by atoms with Gasteiger partial charge in [-0.3, -0.25) is 4.79 Å². The third-order valence-electron chi connectivity index (χ3n) is 5.56. The van der Waals surface area contributed by atoms with E-state index in [0.717, 1.165) is 25.3 Å². The quantitative estimate of drug-likeness (QED) is 0.459. The number of carbonyl (C=O) groups is 1. The number of alkyl halides is 3. The highest BCUT2D eigenvalue weighted by molar-refractivity contribution is 5.49. The van der Waals surface area contributed by atoms with Crippen LogP contribution in [0.15, 0.2) is 18.2 Å². The van der Waals surface area contributed by atoms with Crippen molar-refractivity contribution in [3.63, 3.8) is 0 Å². The number of aryl methyl sites for hydroxylation is 1. The van der Waals surface area contributed by atoms with Crippen molar-refractivity contribution in [1.29, 1.82) is 0 Å². The van der Waals surface area contributed by atoms with E-state index in [4.69, 9.17) is 14.3 Å². The minimum absolute atomic E-state index is 0.0561. The Kier molecular flexibility index (Phi) is 8.56. The van der Waals surface area contributed by atoms with Crippen molar-refractivity contribution in [1.82, 2.24) is 9.97 Å². The maximum atomic E-state index is 15.3. The van der Waals surface area contributed by atoms with E-state index >= 15 is 4.39 Å². The second-order valence-electron chi connectivity index (χ2n) is 7.70. The Labute approximate surface area is 188 Å². The Morgan fingerprint density at radius 2 is 1.88 bits per heavy atom. The molecule has 0 spiro atoms. The molecule has 0 radical (unpaired) electrons. The van der Waals surface area contributed by atoms with Crippen LogP contribution in [-0.4, -0.2) is 29.6 Å². The maximum Gasteiger partial charge on any atom is 0.266 e. The lowest BCUT2D eigenvalue weighted by atomic mass is 9.80. The van der Waals surface area contributed by atoms with Gasteiger partial charge >= 0.3 is 0 Å². The van der Waals surface area contributed by atoms with Crippen LogP contribution in [0.25, 0.3) is 0 Å². The largest absolute Gasteiger partial charge is 0.372 e. The number of anilines is 1. The van der Waals surface area contributed by atoms with E-state index in [1.54, 1.807) is 6.92 Å². The minimum Gasteiger partial charge on any atom is -0.372 e. The van der Waals surface area contributed by atoms with Crippen molar-refractivity contribution in [2.24, 2.45) is 11.7 Å². The molecule has 180 valence electrons. The zero-order valence-electron chi connectivity index (χ0n) is 18.1. The number of primary amides is 1. The Morgan fingerprint density at radius 3 is 2.45 bits per heavy atom. The van der Waals surface area contributed by atoms with E-state index < -0.39 is 30.3 Å². The van der Waals surface area contributed by atoms with Gasteiger partial charge in [0, 0.05) is 12.1 Å². The number of rotatable bonds is 7. The van der Waals surface area contributed by atoms with Crippen LogP contribution in [0.3, 0.4) is 0 Å². The lowest BCUT2D eigenvalue weighted by Crippen LogP contribution is -2.22. The Morgan fingerprint density at radius 1 is 1.21 bits per heavy atom. The number of nitrogens with zero attached hydrogens (tertiary/aromatic N) is 2. The normalized spacial score (nSPS) is 17.3. The average molecular weight is 470 g/mol. The molecule has 3 N–H and O–H groups in total. The topological polar surface area (TPSA) is 99.4 Å². The molecule has 1 aromatic carbocycles. The number of nitrogens with one attached hydrogen (secondary N) is 1. The first kappa shape index (κ1) is 24.8. The number of hydrogen-bond acceptors (Lipinski definition) is 6. The molecule has 1 atom stereocenters. The smallest absolute Gasteiger partial charge is 0.266 e. The van der Waals surface area contributed by atoms with E-state index in [1.165, 1.54) is 12.1 Å². The summed E-state index contributed by atoms with van der Waals surface area (Å²) >= 11 is 0. The Balaban J connectivity index is 0.000000968. The highest BCUT2D eigenvalue weighted by Gasteiger charge is 2.36. The first-order chi connectivity index (χ1) is 15.9. The molecule has 7 nitrogen and oxygen atoms in total. The summed E-state index contributed by atoms with van der Waals surface area (Å²) in [5, 5.41) is 2.96. The third kappa shape index (κ3) is 5.77. The molecule has 1 aliphatic heterocycles. The van der Waals surface area contributed by atoms with E-state index in [-0.39, 0.29) is 35.9 Å². The van der Waals surface area contributed by atoms with Gasteiger partial charge in [0.25, 0.3) is 6.43 Å². The molecule has 1 unspecified atom stereocenters. The molecule has 1 aromatic heterocycles. The van der Waals surface area contributed by atoms with Crippen molar-refractivity contribution in [3.05, 3.63) is 52.2 Å². The summed E-state index contributed by atoms with van der Waals surface area (Å²) in [6, 6.07) is 3.84. The number of benzene rings is 1. The first-order valence-corrected chi connectivity index (χ1v) is 10.6. The van der Waals surface area contributed by atoms with Crippen LogP contribution in [-0.2, 0) is 20.8 Å². The van der Waals surface area contributed by atoms with Gasteiger partial charge < -0.3 is 20.5 Å². The third-order valence-corrected chi connectivity index (χ3v) is 5.56. The molecular weight excluding hydrogens is 444 g/mol. The van der Waals surface area contributed by atoms with E-state index in [0.29, 0.717) is 24.6 Å². The Bertz CT molecular complexity index is 953. The van der Waals surface area contributed by atoms with Gasteiger partial charge in [-0.15, -0.1) is 0 Å². The number of carbonyl (C=O) groups excluding carboxylic acids is 1. The van der Waals surface area contributed by atoms with Gasteiger partial charge in [0.1, 0.15) is 23.6 Å². The molecule has 4 rings (SSSR count). The van der Waals surface area contributed by atoms with Crippen molar-refractivity contribution < 1.29 is 31.8 Å². The number of nitrogens with two attached hydrogens (primary N) is 1. The molecule has 33 heavy (non-hydrogen) atoms. The van der Waals surface area contributed by atoms with Crippen LogP contribution in [0.2, 0.25) is 0 Å². The second kappa shape index (κ2) is 11.4. The molecule has 2 fully saturated rings. The zero-order valence-corrected chi connectivity index (χ0v) is 18.1. The summed E-state index contributed by atoms with van der Waals surface area (Å²) in [6.45, 7) is 2.23. The highest BCUT2D eigenvalue weighted by Crippen LogP contribution is 2.44. The molecule has 11 heteroatoms. The molecule has 1 saturated carbocycles. The van der Waals surface area contributed by atoms with Crippen molar-refractivity contribution in [2.45, 2.75) is 51.6 Å². The zero-order chi connectivity index (χ0) is 24.0. The van der Waals surface area contributed by atoms with Gasteiger partial charge in [0.15, 0.2) is 6.29 Å². The van der Waals surface area contributed by atoms with Crippen molar-refractivity contribution in [3.8, 4) is 0 Å². The monoisotopic (exact) mass is 470 g/mol. The standard InChI is InChI=1S/C21H23F4N3O2.CH3NO/c1-11-27-18(17(23)12-4-2-5-12)15(21-29-8-9-30-21)20(28-11)26-10-13-6-3-7-14(16(13)22)19(24)25;2-1-3/h3,6-7,12,17,19,21H,2,4-5,8-10H2,1H3,(H,26,27,28);1H,(H2,2,3).